The van der Waals surface area contributed by atoms with Crippen LogP contribution in [0.3, 0.4) is 0 Å². The first-order chi connectivity index (χ1) is 10.1. The van der Waals surface area contributed by atoms with E-state index in [0.29, 0.717) is 12.2 Å². The summed E-state index contributed by atoms with van der Waals surface area (Å²) in [7, 11) is 1.83. The summed E-state index contributed by atoms with van der Waals surface area (Å²) in [6.45, 7) is 0.676. The van der Waals surface area contributed by atoms with Crippen LogP contribution in [0.4, 0.5) is 11.4 Å². The van der Waals surface area contributed by atoms with Gasteiger partial charge in [-0.05, 0) is 30.8 Å². The van der Waals surface area contributed by atoms with Crippen LogP contribution in [0.5, 0.6) is 0 Å². The van der Waals surface area contributed by atoms with E-state index in [4.69, 9.17) is 0 Å². The van der Waals surface area contributed by atoms with Crippen LogP contribution in [-0.2, 0) is 6.54 Å². The first-order valence-electron chi connectivity index (χ1n) is 6.40. The molecule has 0 saturated heterocycles. The van der Waals surface area contributed by atoms with Gasteiger partial charge < -0.3 is 10.6 Å². The van der Waals surface area contributed by atoms with E-state index in [9.17, 15) is 14.9 Å². The van der Waals surface area contributed by atoms with E-state index in [1.807, 2.05) is 25.2 Å². The Morgan fingerprint density at radius 3 is 2.67 bits per heavy atom. The second kappa shape index (κ2) is 6.62. The third-order valence-electron chi connectivity index (χ3n) is 2.91. The molecule has 0 aliphatic carbocycles. The number of para-hydroxylation sites is 1. The van der Waals surface area contributed by atoms with E-state index in [1.165, 1.54) is 18.2 Å². The monoisotopic (exact) mass is 285 g/mol. The lowest BCUT2D eigenvalue weighted by atomic mass is 10.1. The van der Waals surface area contributed by atoms with Crippen molar-refractivity contribution >= 4 is 17.3 Å². The molecule has 0 fully saturated rings. The first-order valence-corrected chi connectivity index (χ1v) is 6.40. The number of carbonyl (C=O) groups is 1. The zero-order valence-corrected chi connectivity index (χ0v) is 11.5. The molecule has 1 amide bonds. The molecule has 0 heterocycles. The number of benzene rings is 2. The second-order valence-electron chi connectivity index (χ2n) is 4.46. The van der Waals surface area contributed by atoms with Crippen molar-refractivity contribution in [2.45, 2.75) is 6.54 Å². The summed E-state index contributed by atoms with van der Waals surface area (Å²) in [4.78, 5) is 22.5. The molecule has 0 saturated carbocycles. The van der Waals surface area contributed by atoms with Crippen LogP contribution in [0.15, 0.2) is 48.5 Å². The third-order valence-corrected chi connectivity index (χ3v) is 2.91. The highest BCUT2D eigenvalue weighted by molar-refractivity contribution is 6.07. The van der Waals surface area contributed by atoms with Gasteiger partial charge in [0.2, 0.25) is 0 Å². The van der Waals surface area contributed by atoms with Gasteiger partial charge in [0, 0.05) is 18.3 Å². The summed E-state index contributed by atoms with van der Waals surface area (Å²) in [5.74, 6) is -0.496. The molecule has 2 aromatic carbocycles. The molecule has 2 rings (SSSR count). The Balaban J connectivity index is 2.22. The van der Waals surface area contributed by atoms with Gasteiger partial charge in [0.05, 0.1) is 4.92 Å². The molecule has 2 aromatic rings. The average molecular weight is 285 g/mol. The van der Waals surface area contributed by atoms with Crippen molar-refractivity contribution in [1.29, 1.82) is 0 Å². The Kier molecular flexibility index (Phi) is 4.63. The van der Waals surface area contributed by atoms with Crippen LogP contribution in [0.2, 0.25) is 0 Å². The molecule has 0 unspecified atom stereocenters. The highest BCUT2D eigenvalue weighted by atomic mass is 16.6. The lowest BCUT2D eigenvalue weighted by Gasteiger charge is -2.07. The number of hydrogen-bond donors (Lipinski definition) is 2. The standard InChI is InChI=1S/C15H15N3O3/c1-16-10-11-5-4-6-12(9-11)17-15(19)13-7-2-3-8-14(13)18(20)21/h2-9,16H,10H2,1H3,(H,17,19). The molecule has 6 nitrogen and oxygen atoms in total. The molecule has 0 aromatic heterocycles. The highest BCUT2D eigenvalue weighted by Gasteiger charge is 2.19. The van der Waals surface area contributed by atoms with E-state index in [2.05, 4.69) is 10.6 Å². The summed E-state index contributed by atoms with van der Waals surface area (Å²) in [5.41, 5.74) is 1.45. The van der Waals surface area contributed by atoms with E-state index in [0.717, 1.165) is 5.56 Å². The van der Waals surface area contributed by atoms with Crippen LogP contribution in [0.25, 0.3) is 0 Å². The number of nitrogens with zero attached hydrogens (tertiary/aromatic N) is 1. The number of anilines is 1. The van der Waals surface area contributed by atoms with Gasteiger partial charge in [-0.3, -0.25) is 14.9 Å². The predicted octanol–water partition coefficient (Wildman–Crippen LogP) is 2.57. The summed E-state index contributed by atoms with van der Waals surface area (Å²) in [6, 6.07) is 13.2. The molecule has 0 aliphatic heterocycles. The highest BCUT2D eigenvalue weighted by Crippen LogP contribution is 2.19. The maximum atomic E-state index is 12.2. The molecule has 0 aliphatic rings. The molecular formula is C15H15N3O3. The fourth-order valence-electron chi connectivity index (χ4n) is 1.99. The van der Waals surface area contributed by atoms with Gasteiger partial charge in [-0.1, -0.05) is 24.3 Å². The molecule has 0 spiro atoms. The largest absolute Gasteiger partial charge is 0.322 e. The van der Waals surface area contributed by atoms with Crippen LogP contribution in [-0.4, -0.2) is 17.9 Å². The molecule has 6 heteroatoms. The Morgan fingerprint density at radius 1 is 1.19 bits per heavy atom. The van der Waals surface area contributed by atoms with Gasteiger partial charge in [-0.25, -0.2) is 0 Å². The van der Waals surface area contributed by atoms with E-state index >= 15 is 0 Å². The van der Waals surface area contributed by atoms with Crippen LogP contribution in [0, 0.1) is 10.1 Å². The number of rotatable bonds is 5. The molecule has 0 atom stereocenters. The molecule has 108 valence electrons. The number of amides is 1. The van der Waals surface area contributed by atoms with Crippen molar-refractivity contribution in [3.05, 3.63) is 69.8 Å². The minimum absolute atomic E-state index is 0.0431. The van der Waals surface area contributed by atoms with Gasteiger partial charge in [0.25, 0.3) is 11.6 Å². The minimum Gasteiger partial charge on any atom is -0.322 e. The summed E-state index contributed by atoms with van der Waals surface area (Å²) < 4.78 is 0. The van der Waals surface area contributed by atoms with Crippen molar-refractivity contribution in [3.8, 4) is 0 Å². The number of nitro groups is 1. The van der Waals surface area contributed by atoms with Crippen molar-refractivity contribution < 1.29 is 9.72 Å². The molecule has 0 bridgehead atoms. The Morgan fingerprint density at radius 2 is 1.95 bits per heavy atom. The lowest BCUT2D eigenvalue weighted by Crippen LogP contribution is -2.14. The quantitative estimate of drug-likeness (QED) is 0.653. The molecule has 21 heavy (non-hydrogen) atoms. The fourth-order valence-corrected chi connectivity index (χ4v) is 1.99. The number of nitrogens with one attached hydrogen (secondary N) is 2. The van der Waals surface area contributed by atoms with Crippen molar-refractivity contribution in [1.82, 2.24) is 5.32 Å². The number of carbonyl (C=O) groups excluding carboxylic acids is 1. The maximum absolute atomic E-state index is 12.2. The van der Waals surface area contributed by atoms with E-state index in [1.54, 1.807) is 12.1 Å². The smallest absolute Gasteiger partial charge is 0.282 e. The lowest BCUT2D eigenvalue weighted by molar-refractivity contribution is -0.385. The summed E-state index contributed by atoms with van der Waals surface area (Å²) >= 11 is 0. The van der Waals surface area contributed by atoms with Gasteiger partial charge >= 0.3 is 0 Å². The zero-order valence-electron chi connectivity index (χ0n) is 11.5. The van der Waals surface area contributed by atoms with Gasteiger partial charge in [-0.2, -0.15) is 0 Å². The van der Waals surface area contributed by atoms with Crippen molar-refractivity contribution in [2.75, 3.05) is 12.4 Å². The summed E-state index contributed by atoms with van der Waals surface area (Å²) in [6.07, 6.45) is 0. The SMILES string of the molecule is CNCc1cccc(NC(=O)c2ccccc2[N+](=O)[O-])c1. The van der Waals surface area contributed by atoms with Crippen molar-refractivity contribution in [2.24, 2.45) is 0 Å². The van der Waals surface area contributed by atoms with Crippen LogP contribution in [0.1, 0.15) is 15.9 Å². The number of hydrogen-bond acceptors (Lipinski definition) is 4. The van der Waals surface area contributed by atoms with Crippen LogP contribution < -0.4 is 10.6 Å². The molecule has 2 N–H and O–H groups in total. The Labute approximate surface area is 121 Å². The maximum Gasteiger partial charge on any atom is 0.282 e. The molecule has 0 radical (unpaired) electrons. The minimum atomic E-state index is -0.563. The Bertz CT molecular complexity index is 671. The van der Waals surface area contributed by atoms with Gasteiger partial charge in [0.15, 0.2) is 0 Å². The Hall–Kier alpha value is -2.73. The third kappa shape index (κ3) is 3.64. The summed E-state index contributed by atoms with van der Waals surface area (Å²) in [5, 5.41) is 16.6. The zero-order chi connectivity index (χ0) is 15.2. The van der Waals surface area contributed by atoms with Gasteiger partial charge in [-0.15, -0.1) is 0 Å². The van der Waals surface area contributed by atoms with Gasteiger partial charge in [0.1, 0.15) is 5.56 Å². The van der Waals surface area contributed by atoms with E-state index in [-0.39, 0.29) is 11.3 Å². The van der Waals surface area contributed by atoms with Crippen LogP contribution >= 0.6 is 0 Å². The second-order valence-corrected chi connectivity index (χ2v) is 4.46. The average Bonchev–Trinajstić information content (AvgIpc) is 2.48. The fraction of sp³-hybridized carbons (Fsp3) is 0.133. The topological polar surface area (TPSA) is 84.3 Å². The normalized spacial score (nSPS) is 10.1. The first kappa shape index (κ1) is 14.7. The predicted molar refractivity (Wildman–Crippen MR) is 80.3 cm³/mol. The van der Waals surface area contributed by atoms with Crippen molar-refractivity contribution in [3.63, 3.8) is 0 Å². The number of nitro benzene ring substituents is 1. The van der Waals surface area contributed by atoms with E-state index < -0.39 is 10.8 Å². The molecular weight excluding hydrogens is 270 g/mol.